The average Bonchev–Trinajstić information content (AvgIpc) is 2.17. The summed E-state index contributed by atoms with van der Waals surface area (Å²) >= 11 is 5.37. The van der Waals surface area contributed by atoms with E-state index in [2.05, 4.69) is 31.4 Å². The van der Waals surface area contributed by atoms with Crippen LogP contribution in [0.2, 0.25) is 0 Å². The summed E-state index contributed by atoms with van der Waals surface area (Å²) in [6, 6.07) is 0.603. The summed E-state index contributed by atoms with van der Waals surface area (Å²) in [5.41, 5.74) is 0.119. The fraction of sp³-hybridized carbons (Fsp3) is 0.923. The summed E-state index contributed by atoms with van der Waals surface area (Å²) in [5.74, 6) is 0. The van der Waals surface area contributed by atoms with Gasteiger partial charge in [0, 0.05) is 11.6 Å². The van der Waals surface area contributed by atoms with Gasteiger partial charge in [0.25, 0.3) is 0 Å². The molecule has 0 bridgehead atoms. The van der Waals surface area contributed by atoms with Gasteiger partial charge in [-0.25, -0.2) is 0 Å². The lowest BCUT2D eigenvalue weighted by atomic mass is 9.95. The SMILES string of the molecule is CCCC(C)(C)NC(=S)NC1CCCCC1. The third-order valence-corrected chi connectivity index (χ3v) is 3.49. The molecule has 3 heteroatoms. The summed E-state index contributed by atoms with van der Waals surface area (Å²) in [6.07, 6.45) is 8.97. The average molecular weight is 242 g/mol. The van der Waals surface area contributed by atoms with Crippen molar-refractivity contribution in [3.8, 4) is 0 Å². The fourth-order valence-corrected chi connectivity index (χ4v) is 2.91. The van der Waals surface area contributed by atoms with Crippen LogP contribution in [0.15, 0.2) is 0 Å². The summed E-state index contributed by atoms with van der Waals surface area (Å²) in [7, 11) is 0. The fourth-order valence-electron chi connectivity index (χ4n) is 2.46. The lowest BCUT2D eigenvalue weighted by molar-refractivity contribution is 0.390. The molecular formula is C13H26N2S. The molecule has 0 amide bonds. The van der Waals surface area contributed by atoms with Gasteiger partial charge in [0.1, 0.15) is 0 Å². The third-order valence-electron chi connectivity index (χ3n) is 3.27. The number of rotatable bonds is 4. The summed E-state index contributed by atoms with van der Waals surface area (Å²) < 4.78 is 0. The van der Waals surface area contributed by atoms with Crippen LogP contribution in [-0.4, -0.2) is 16.7 Å². The maximum atomic E-state index is 5.37. The van der Waals surface area contributed by atoms with E-state index in [4.69, 9.17) is 12.2 Å². The Hall–Kier alpha value is -0.310. The molecule has 0 aromatic rings. The highest BCUT2D eigenvalue weighted by Crippen LogP contribution is 2.17. The minimum atomic E-state index is 0.119. The van der Waals surface area contributed by atoms with Crippen LogP contribution in [-0.2, 0) is 0 Å². The predicted octanol–water partition coefficient (Wildman–Crippen LogP) is 3.36. The van der Waals surface area contributed by atoms with Gasteiger partial charge >= 0.3 is 0 Å². The van der Waals surface area contributed by atoms with Gasteiger partial charge < -0.3 is 10.6 Å². The molecule has 2 N–H and O–H groups in total. The Labute approximate surface area is 106 Å². The van der Waals surface area contributed by atoms with Gasteiger partial charge in [0.05, 0.1) is 0 Å². The molecule has 0 radical (unpaired) electrons. The Bertz CT molecular complexity index is 220. The molecule has 2 nitrogen and oxygen atoms in total. The van der Waals surface area contributed by atoms with Gasteiger partial charge in [0.2, 0.25) is 0 Å². The molecule has 1 rings (SSSR count). The standard InChI is InChI=1S/C13H26N2S/c1-4-10-13(2,3)15-12(16)14-11-8-6-5-7-9-11/h11H,4-10H2,1-3H3,(H2,14,15,16). The van der Waals surface area contributed by atoms with Gasteiger partial charge in [-0.3, -0.25) is 0 Å². The van der Waals surface area contributed by atoms with E-state index in [1.807, 2.05) is 0 Å². The minimum Gasteiger partial charge on any atom is -0.360 e. The van der Waals surface area contributed by atoms with E-state index < -0.39 is 0 Å². The monoisotopic (exact) mass is 242 g/mol. The Kier molecular flexibility index (Phi) is 5.53. The molecule has 0 aliphatic heterocycles. The van der Waals surface area contributed by atoms with Gasteiger partial charge in [-0.2, -0.15) is 0 Å². The van der Waals surface area contributed by atoms with Crippen LogP contribution < -0.4 is 10.6 Å². The zero-order valence-electron chi connectivity index (χ0n) is 10.9. The smallest absolute Gasteiger partial charge is 0.166 e. The van der Waals surface area contributed by atoms with E-state index in [1.165, 1.54) is 38.5 Å². The van der Waals surface area contributed by atoms with Crippen LogP contribution in [0, 0.1) is 0 Å². The molecule has 0 unspecified atom stereocenters. The highest BCUT2D eigenvalue weighted by Gasteiger charge is 2.19. The number of hydrogen-bond acceptors (Lipinski definition) is 1. The van der Waals surface area contributed by atoms with Crippen molar-refractivity contribution in [2.24, 2.45) is 0 Å². The number of nitrogens with one attached hydrogen (secondary N) is 2. The summed E-state index contributed by atoms with van der Waals surface area (Å²) in [5, 5.41) is 7.72. The lowest BCUT2D eigenvalue weighted by Gasteiger charge is -2.31. The Morgan fingerprint density at radius 2 is 1.88 bits per heavy atom. The molecule has 1 fully saturated rings. The first-order chi connectivity index (χ1) is 7.53. The van der Waals surface area contributed by atoms with Crippen LogP contribution in [0.25, 0.3) is 0 Å². The van der Waals surface area contributed by atoms with Crippen molar-refractivity contribution >= 4 is 17.3 Å². The second-order valence-corrected chi connectivity index (χ2v) is 5.98. The Morgan fingerprint density at radius 1 is 1.25 bits per heavy atom. The van der Waals surface area contributed by atoms with Crippen LogP contribution >= 0.6 is 12.2 Å². The molecule has 1 aliphatic rings. The van der Waals surface area contributed by atoms with E-state index in [-0.39, 0.29) is 5.54 Å². The largest absolute Gasteiger partial charge is 0.360 e. The topological polar surface area (TPSA) is 24.1 Å². The molecule has 0 aromatic heterocycles. The van der Waals surface area contributed by atoms with Crippen LogP contribution in [0.3, 0.4) is 0 Å². The zero-order chi connectivity index (χ0) is 12.0. The van der Waals surface area contributed by atoms with Crippen molar-refractivity contribution in [2.75, 3.05) is 0 Å². The van der Waals surface area contributed by atoms with E-state index in [0.717, 1.165) is 11.5 Å². The van der Waals surface area contributed by atoms with Crippen LogP contribution in [0.1, 0.15) is 65.7 Å². The molecule has 0 atom stereocenters. The van der Waals surface area contributed by atoms with E-state index in [1.54, 1.807) is 0 Å². The second-order valence-electron chi connectivity index (χ2n) is 5.57. The molecule has 1 aliphatic carbocycles. The third kappa shape index (κ3) is 5.15. The van der Waals surface area contributed by atoms with Crippen molar-refractivity contribution in [1.82, 2.24) is 10.6 Å². The lowest BCUT2D eigenvalue weighted by Crippen LogP contribution is -2.51. The Morgan fingerprint density at radius 3 is 2.44 bits per heavy atom. The molecule has 0 heterocycles. The van der Waals surface area contributed by atoms with E-state index in [0.29, 0.717) is 6.04 Å². The molecule has 0 aromatic carbocycles. The molecule has 1 saturated carbocycles. The maximum Gasteiger partial charge on any atom is 0.166 e. The predicted molar refractivity (Wildman–Crippen MR) is 74.7 cm³/mol. The van der Waals surface area contributed by atoms with Crippen molar-refractivity contribution in [3.63, 3.8) is 0 Å². The second kappa shape index (κ2) is 6.43. The van der Waals surface area contributed by atoms with Crippen LogP contribution in [0.5, 0.6) is 0 Å². The first-order valence-electron chi connectivity index (χ1n) is 6.62. The quantitative estimate of drug-likeness (QED) is 0.739. The maximum absolute atomic E-state index is 5.37. The zero-order valence-corrected chi connectivity index (χ0v) is 11.8. The first-order valence-corrected chi connectivity index (χ1v) is 7.03. The Balaban J connectivity index is 2.28. The van der Waals surface area contributed by atoms with Gasteiger partial charge in [-0.15, -0.1) is 0 Å². The van der Waals surface area contributed by atoms with Crippen molar-refractivity contribution in [3.05, 3.63) is 0 Å². The highest BCUT2D eigenvalue weighted by molar-refractivity contribution is 7.80. The normalized spacial score (nSPS) is 18.2. The van der Waals surface area contributed by atoms with E-state index >= 15 is 0 Å². The van der Waals surface area contributed by atoms with E-state index in [9.17, 15) is 0 Å². The molecule has 0 spiro atoms. The molecule has 16 heavy (non-hydrogen) atoms. The van der Waals surface area contributed by atoms with Gasteiger partial charge in [-0.05, 0) is 45.3 Å². The van der Waals surface area contributed by atoms with Gasteiger partial charge in [0.15, 0.2) is 5.11 Å². The van der Waals surface area contributed by atoms with Crippen molar-refractivity contribution < 1.29 is 0 Å². The molecule has 0 saturated heterocycles. The number of thiocarbonyl (C=S) groups is 1. The van der Waals surface area contributed by atoms with Crippen molar-refractivity contribution in [1.29, 1.82) is 0 Å². The number of hydrogen-bond donors (Lipinski definition) is 2. The first kappa shape index (κ1) is 13.8. The highest BCUT2D eigenvalue weighted by atomic mass is 32.1. The van der Waals surface area contributed by atoms with Crippen molar-refractivity contribution in [2.45, 2.75) is 77.3 Å². The molecule has 94 valence electrons. The van der Waals surface area contributed by atoms with Gasteiger partial charge in [-0.1, -0.05) is 32.6 Å². The van der Waals surface area contributed by atoms with Crippen LogP contribution in [0.4, 0.5) is 0 Å². The summed E-state index contributed by atoms with van der Waals surface area (Å²) in [4.78, 5) is 0. The minimum absolute atomic E-state index is 0.119. The summed E-state index contributed by atoms with van der Waals surface area (Å²) in [6.45, 7) is 6.64. The molecular weight excluding hydrogens is 216 g/mol.